The summed E-state index contributed by atoms with van der Waals surface area (Å²) in [6, 6.07) is 7.18. The molecule has 0 radical (unpaired) electrons. The quantitative estimate of drug-likeness (QED) is 0.735. The summed E-state index contributed by atoms with van der Waals surface area (Å²) in [5, 5.41) is 5.50. The third-order valence-corrected chi connectivity index (χ3v) is 6.54. The molecule has 2 bridgehead atoms. The van der Waals surface area contributed by atoms with Crippen LogP contribution in [0.4, 0.5) is 5.82 Å². The highest BCUT2D eigenvalue weighted by Gasteiger charge is 2.63. The van der Waals surface area contributed by atoms with Gasteiger partial charge in [0.1, 0.15) is 0 Å². The average Bonchev–Trinajstić information content (AvgIpc) is 3.37. The predicted octanol–water partition coefficient (Wildman–Crippen LogP) is 3.21. The van der Waals surface area contributed by atoms with Gasteiger partial charge in [0.15, 0.2) is 5.82 Å². The van der Waals surface area contributed by atoms with Gasteiger partial charge in [-0.25, -0.2) is 4.90 Å². The fraction of sp³-hybridized carbons (Fsp3) is 0.421. The fourth-order valence-corrected chi connectivity index (χ4v) is 4.83. The number of aromatic nitrogens is 2. The topological polar surface area (TPSA) is 64.4 Å². The lowest BCUT2D eigenvalue weighted by atomic mass is 9.81. The van der Waals surface area contributed by atoms with Gasteiger partial charge in [-0.15, -0.1) is 0 Å². The zero-order valence-corrected chi connectivity index (χ0v) is 16.1. The number of aryl methyl sites for hydroxylation is 1. The van der Waals surface area contributed by atoms with Crippen molar-refractivity contribution in [3.05, 3.63) is 45.6 Å². The van der Waals surface area contributed by atoms with Gasteiger partial charge in [-0.1, -0.05) is 29.3 Å². The number of hydrogen-bond donors (Lipinski definition) is 0. The van der Waals surface area contributed by atoms with Crippen LogP contribution in [-0.4, -0.2) is 33.8 Å². The molecule has 8 heteroatoms. The van der Waals surface area contributed by atoms with Crippen LogP contribution in [0.1, 0.15) is 24.1 Å². The van der Waals surface area contributed by atoms with E-state index in [1.165, 1.54) is 4.90 Å². The molecule has 0 saturated carbocycles. The van der Waals surface area contributed by atoms with E-state index >= 15 is 0 Å². The van der Waals surface area contributed by atoms with E-state index in [0.29, 0.717) is 22.4 Å². The molecule has 3 saturated heterocycles. The molecule has 3 fully saturated rings. The third-order valence-electron chi connectivity index (χ3n) is 5.80. The van der Waals surface area contributed by atoms with Gasteiger partial charge in [0.05, 0.1) is 40.6 Å². The summed E-state index contributed by atoms with van der Waals surface area (Å²) in [6.07, 6.45) is 1.45. The molecular weight excluding hydrogens is 389 g/mol. The van der Waals surface area contributed by atoms with Crippen LogP contribution in [0.5, 0.6) is 0 Å². The van der Waals surface area contributed by atoms with Crippen LogP contribution in [-0.2, 0) is 20.9 Å². The van der Waals surface area contributed by atoms with Crippen LogP contribution in [0, 0.1) is 18.8 Å². The first-order chi connectivity index (χ1) is 12.9. The summed E-state index contributed by atoms with van der Waals surface area (Å²) in [6.45, 7) is 2.37. The molecule has 2 aromatic rings. The molecule has 0 aliphatic carbocycles. The number of benzene rings is 1. The van der Waals surface area contributed by atoms with Crippen LogP contribution < -0.4 is 4.90 Å². The lowest BCUT2D eigenvalue weighted by Crippen LogP contribution is -2.34. The maximum atomic E-state index is 12.9. The molecule has 140 valence electrons. The van der Waals surface area contributed by atoms with Gasteiger partial charge < -0.3 is 4.74 Å². The number of hydrogen-bond acceptors (Lipinski definition) is 4. The lowest BCUT2D eigenvalue weighted by molar-refractivity contribution is -0.124. The number of carbonyl (C=O) groups is 2. The van der Waals surface area contributed by atoms with Gasteiger partial charge in [0, 0.05) is 11.8 Å². The third kappa shape index (κ3) is 2.54. The van der Waals surface area contributed by atoms with E-state index < -0.39 is 0 Å². The molecule has 1 aromatic heterocycles. The first kappa shape index (κ1) is 17.2. The second-order valence-corrected chi connectivity index (χ2v) is 8.22. The summed E-state index contributed by atoms with van der Waals surface area (Å²) >= 11 is 12.0. The fourth-order valence-electron chi connectivity index (χ4n) is 4.51. The minimum atomic E-state index is -0.350. The normalized spacial score (nSPS) is 29.1. The number of fused-ring (bicyclic) bond motifs is 5. The van der Waals surface area contributed by atoms with E-state index in [-0.39, 0.29) is 35.9 Å². The van der Waals surface area contributed by atoms with E-state index in [9.17, 15) is 9.59 Å². The Kier molecular flexibility index (Phi) is 3.86. The number of amides is 2. The smallest absolute Gasteiger partial charge is 0.241 e. The highest BCUT2D eigenvalue weighted by molar-refractivity contribution is 6.42. The monoisotopic (exact) mass is 405 g/mol. The molecule has 0 N–H and O–H groups in total. The molecule has 0 spiro atoms. The number of rotatable bonds is 3. The second kappa shape index (κ2) is 6.06. The van der Waals surface area contributed by atoms with Gasteiger partial charge in [-0.3, -0.25) is 14.3 Å². The first-order valence-electron chi connectivity index (χ1n) is 8.95. The molecular formula is C19H17Cl2N3O3. The molecule has 1 aromatic carbocycles. The number of anilines is 1. The van der Waals surface area contributed by atoms with Crippen molar-refractivity contribution in [1.82, 2.24) is 9.78 Å². The van der Waals surface area contributed by atoms with E-state index in [0.717, 1.165) is 24.1 Å². The Hall–Kier alpha value is -1.89. The molecule has 4 unspecified atom stereocenters. The number of halogens is 2. The summed E-state index contributed by atoms with van der Waals surface area (Å²) in [4.78, 5) is 27.0. The maximum absolute atomic E-state index is 12.9. The van der Waals surface area contributed by atoms with Crippen molar-refractivity contribution in [2.75, 3.05) is 4.90 Å². The lowest BCUT2D eigenvalue weighted by Gasteiger charge is -2.15. The summed E-state index contributed by atoms with van der Waals surface area (Å²) in [5.41, 5.74) is 1.79. The Morgan fingerprint density at radius 2 is 1.74 bits per heavy atom. The Bertz CT molecular complexity index is 945. The Balaban J connectivity index is 1.43. The number of ether oxygens (including phenoxy) is 1. The minimum absolute atomic E-state index is 0.124. The predicted molar refractivity (Wildman–Crippen MR) is 99.9 cm³/mol. The summed E-state index contributed by atoms with van der Waals surface area (Å²) in [7, 11) is 0. The highest BCUT2D eigenvalue weighted by atomic mass is 35.5. The SMILES string of the molecule is Cc1cc(N2C(=O)C3C4CCC(O4)C3C2=O)nn1Cc1ccc(Cl)c(Cl)c1. The maximum Gasteiger partial charge on any atom is 0.241 e. The molecule has 6 nitrogen and oxygen atoms in total. The van der Waals surface area contributed by atoms with Crippen LogP contribution >= 0.6 is 23.2 Å². The zero-order chi connectivity index (χ0) is 18.9. The Labute approximate surface area is 166 Å². The molecule has 4 atom stereocenters. The zero-order valence-electron chi connectivity index (χ0n) is 14.6. The van der Waals surface area contributed by atoms with Gasteiger partial charge in [0.25, 0.3) is 0 Å². The van der Waals surface area contributed by atoms with Crippen LogP contribution in [0.15, 0.2) is 24.3 Å². The molecule has 4 heterocycles. The average molecular weight is 406 g/mol. The number of carbonyl (C=O) groups excluding carboxylic acids is 2. The highest BCUT2D eigenvalue weighted by Crippen LogP contribution is 2.49. The summed E-state index contributed by atoms with van der Waals surface area (Å²) in [5.74, 6) is -0.683. The van der Waals surface area contributed by atoms with Crippen LogP contribution in [0.25, 0.3) is 0 Å². The van der Waals surface area contributed by atoms with Gasteiger partial charge in [-0.05, 0) is 37.5 Å². The van der Waals surface area contributed by atoms with Crippen molar-refractivity contribution in [2.24, 2.45) is 11.8 Å². The molecule has 5 rings (SSSR count). The van der Waals surface area contributed by atoms with E-state index in [2.05, 4.69) is 5.10 Å². The standard InChI is InChI=1S/C19H17Cl2N3O3/c1-9-6-15(22-23(9)8-10-2-3-11(20)12(21)7-10)24-18(25)16-13-4-5-14(27-13)17(16)19(24)26/h2-3,6-7,13-14,16-17H,4-5,8H2,1H3. The van der Waals surface area contributed by atoms with Crippen molar-refractivity contribution in [2.45, 2.75) is 38.5 Å². The number of nitrogens with zero attached hydrogens (tertiary/aromatic N) is 3. The minimum Gasteiger partial charge on any atom is -0.373 e. The van der Waals surface area contributed by atoms with Crippen molar-refractivity contribution >= 4 is 40.8 Å². The number of imide groups is 1. The van der Waals surface area contributed by atoms with Crippen molar-refractivity contribution in [3.63, 3.8) is 0 Å². The van der Waals surface area contributed by atoms with Gasteiger partial charge >= 0.3 is 0 Å². The molecule has 3 aliphatic heterocycles. The Morgan fingerprint density at radius 1 is 1.07 bits per heavy atom. The first-order valence-corrected chi connectivity index (χ1v) is 9.71. The molecule has 3 aliphatic rings. The van der Waals surface area contributed by atoms with E-state index in [4.69, 9.17) is 27.9 Å². The van der Waals surface area contributed by atoms with Crippen molar-refractivity contribution in [1.29, 1.82) is 0 Å². The van der Waals surface area contributed by atoms with Crippen LogP contribution in [0.3, 0.4) is 0 Å². The summed E-state index contributed by atoms with van der Waals surface area (Å²) < 4.78 is 7.53. The molecule has 27 heavy (non-hydrogen) atoms. The second-order valence-electron chi connectivity index (χ2n) is 7.40. The Morgan fingerprint density at radius 3 is 2.37 bits per heavy atom. The van der Waals surface area contributed by atoms with Gasteiger partial charge in [0.2, 0.25) is 11.8 Å². The van der Waals surface area contributed by atoms with Crippen molar-refractivity contribution < 1.29 is 14.3 Å². The van der Waals surface area contributed by atoms with E-state index in [1.54, 1.807) is 22.9 Å². The van der Waals surface area contributed by atoms with E-state index in [1.807, 2.05) is 13.0 Å². The van der Waals surface area contributed by atoms with Crippen molar-refractivity contribution in [3.8, 4) is 0 Å². The van der Waals surface area contributed by atoms with Gasteiger partial charge in [-0.2, -0.15) is 5.10 Å². The molecule has 2 amide bonds. The largest absolute Gasteiger partial charge is 0.373 e. The van der Waals surface area contributed by atoms with Crippen LogP contribution in [0.2, 0.25) is 10.0 Å².